The van der Waals surface area contributed by atoms with Crippen molar-refractivity contribution in [3.8, 4) is 5.88 Å². The number of hydrogen-bond acceptors (Lipinski definition) is 2. The molecular weight excluding hydrogens is 152 g/mol. The molecule has 3 nitrogen and oxygen atoms in total. The summed E-state index contributed by atoms with van der Waals surface area (Å²) in [7, 11) is 0. The Kier molecular flexibility index (Phi) is 1.55. The summed E-state index contributed by atoms with van der Waals surface area (Å²) in [4.78, 5) is 3.68. The molecule has 1 N–H and O–H groups in total. The lowest BCUT2D eigenvalue weighted by Gasteiger charge is -2.00. The molecule has 0 fully saturated rings. The molecule has 0 spiro atoms. The van der Waals surface area contributed by atoms with Crippen molar-refractivity contribution >= 4 is 5.70 Å². The SMILES string of the molecule is Oc1cc(C2=CC=C[N]2)ccn1. The lowest BCUT2D eigenvalue weighted by molar-refractivity contribution is 0.453. The van der Waals surface area contributed by atoms with E-state index in [0.717, 1.165) is 11.3 Å². The van der Waals surface area contributed by atoms with E-state index in [1.165, 1.54) is 0 Å². The molecule has 12 heavy (non-hydrogen) atoms. The molecule has 1 aliphatic heterocycles. The molecule has 0 bridgehead atoms. The molecule has 2 heterocycles. The van der Waals surface area contributed by atoms with E-state index in [1.54, 1.807) is 18.5 Å². The fourth-order valence-electron chi connectivity index (χ4n) is 1.05. The molecule has 0 saturated heterocycles. The lowest BCUT2D eigenvalue weighted by Crippen LogP contribution is -1.91. The molecule has 0 unspecified atom stereocenters. The number of hydrogen-bond donors (Lipinski definition) is 1. The quantitative estimate of drug-likeness (QED) is 0.670. The molecule has 0 atom stereocenters. The first-order valence-corrected chi connectivity index (χ1v) is 3.59. The van der Waals surface area contributed by atoms with Gasteiger partial charge in [0.05, 0.1) is 5.70 Å². The summed E-state index contributed by atoms with van der Waals surface area (Å²) in [6.07, 6.45) is 7.01. The minimum atomic E-state index is 0.0236. The van der Waals surface area contributed by atoms with Gasteiger partial charge in [-0.1, -0.05) is 0 Å². The largest absolute Gasteiger partial charge is 0.493 e. The zero-order valence-electron chi connectivity index (χ0n) is 6.31. The fraction of sp³-hybridized carbons (Fsp3) is 0. The van der Waals surface area contributed by atoms with Gasteiger partial charge in [-0.05, 0) is 18.2 Å². The van der Waals surface area contributed by atoms with Crippen LogP contribution in [0.5, 0.6) is 5.88 Å². The number of pyridine rings is 1. The van der Waals surface area contributed by atoms with Crippen LogP contribution in [-0.2, 0) is 0 Å². The van der Waals surface area contributed by atoms with Crippen LogP contribution in [0.25, 0.3) is 5.70 Å². The number of allylic oxidation sites excluding steroid dienone is 2. The highest BCUT2D eigenvalue weighted by atomic mass is 16.3. The second-order valence-corrected chi connectivity index (χ2v) is 2.43. The van der Waals surface area contributed by atoms with Crippen molar-refractivity contribution in [3.05, 3.63) is 42.2 Å². The molecule has 1 radical (unpaired) electrons. The summed E-state index contributed by atoms with van der Waals surface area (Å²) in [6.45, 7) is 0. The van der Waals surface area contributed by atoms with Crippen molar-refractivity contribution in [2.75, 3.05) is 0 Å². The number of nitrogens with zero attached hydrogens (tertiary/aromatic N) is 2. The van der Waals surface area contributed by atoms with E-state index in [2.05, 4.69) is 10.3 Å². The monoisotopic (exact) mass is 159 g/mol. The molecular formula is C9H7N2O. The predicted octanol–water partition coefficient (Wildman–Crippen LogP) is 1.26. The summed E-state index contributed by atoms with van der Waals surface area (Å²) in [5, 5.41) is 13.2. The first-order chi connectivity index (χ1) is 5.86. The van der Waals surface area contributed by atoms with E-state index < -0.39 is 0 Å². The molecule has 1 aliphatic rings. The minimum absolute atomic E-state index is 0.0236. The number of rotatable bonds is 1. The molecule has 0 aliphatic carbocycles. The smallest absolute Gasteiger partial charge is 0.211 e. The lowest BCUT2D eigenvalue weighted by atomic mass is 10.2. The average molecular weight is 159 g/mol. The molecule has 3 heteroatoms. The van der Waals surface area contributed by atoms with E-state index in [4.69, 9.17) is 5.11 Å². The standard InChI is InChI=1S/C9H7N2O/c12-9-6-7(3-5-11-9)8-2-1-4-10-8/h1-6H,(H,11,12). The number of aromatic hydroxyl groups is 1. The van der Waals surface area contributed by atoms with Crippen molar-refractivity contribution in [2.45, 2.75) is 0 Å². The summed E-state index contributed by atoms with van der Waals surface area (Å²) >= 11 is 0. The normalized spacial score (nSPS) is 14.2. The summed E-state index contributed by atoms with van der Waals surface area (Å²) in [5.74, 6) is 0.0236. The van der Waals surface area contributed by atoms with Gasteiger partial charge < -0.3 is 5.11 Å². The zero-order valence-corrected chi connectivity index (χ0v) is 6.31. The van der Waals surface area contributed by atoms with E-state index in [9.17, 15) is 0 Å². The maximum Gasteiger partial charge on any atom is 0.211 e. The first kappa shape index (κ1) is 6.91. The van der Waals surface area contributed by atoms with E-state index in [0.29, 0.717) is 0 Å². The maximum atomic E-state index is 9.07. The van der Waals surface area contributed by atoms with Crippen molar-refractivity contribution < 1.29 is 5.11 Å². The Morgan fingerprint density at radius 3 is 2.92 bits per heavy atom. The molecule has 0 amide bonds. The predicted molar refractivity (Wildman–Crippen MR) is 45.2 cm³/mol. The first-order valence-electron chi connectivity index (χ1n) is 3.59. The van der Waals surface area contributed by atoms with Gasteiger partial charge in [0.15, 0.2) is 0 Å². The van der Waals surface area contributed by atoms with Gasteiger partial charge in [-0.25, -0.2) is 4.98 Å². The highest BCUT2D eigenvalue weighted by Crippen LogP contribution is 2.18. The fourth-order valence-corrected chi connectivity index (χ4v) is 1.05. The second-order valence-electron chi connectivity index (χ2n) is 2.43. The number of aromatic nitrogens is 1. The van der Waals surface area contributed by atoms with Crippen LogP contribution in [0.1, 0.15) is 5.56 Å². The van der Waals surface area contributed by atoms with Crippen molar-refractivity contribution in [1.29, 1.82) is 0 Å². The Morgan fingerprint density at radius 1 is 1.33 bits per heavy atom. The third kappa shape index (κ3) is 1.16. The zero-order chi connectivity index (χ0) is 8.39. The Bertz CT molecular complexity index is 355. The van der Waals surface area contributed by atoms with E-state index in [1.807, 2.05) is 18.2 Å². The van der Waals surface area contributed by atoms with Crippen LogP contribution in [-0.4, -0.2) is 10.1 Å². The molecule has 59 valence electrons. The van der Waals surface area contributed by atoms with Crippen LogP contribution in [0.2, 0.25) is 0 Å². The molecule has 2 rings (SSSR count). The molecule has 0 saturated carbocycles. The third-order valence-corrected chi connectivity index (χ3v) is 1.60. The minimum Gasteiger partial charge on any atom is -0.493 e. The molecule has 1 aromatic heterocycles. The van der Waals surface area contributed by atoms with Gasteiger partial charge >= 0.3 is 0 Å². The van der Waals surface area contributed by atoms with Gasteiger partial charge in [0.25, 0.3) is 0 Å². The highest BCUT2D eigenvalue weighted by Gasteiger charge is 2.04. The van der Waals surface area contributed by atoms with Crippen molar-refractivity contribution in [1.82, 2.24) is 10.3 Å². The Morgan fingerprint density at radius 2 is 2.25 bits per heavy atom. The van der Waals surface area contributed by atoms with Gasteiger partial charge in [-0.15, -0.1) is 0 Å². The Hall–Kier alpha value is -1.77. The van der Waals surface area contributed by atoms with Gasteiger partial charge in [-0.3, -0.25) is 5.32 Å². The van der Waals surface area contributed by atoms with Gasteiger partial charge in [0.1, 0.15) is 0 Å². The molecule has 0 aromatic carbocycles. The van der Waals surface area contributed by atoms with E-state index in [-0.39, 0.29) is 5.88 Å². The maximum absolute atomic E-state index is 9.07. The topological polar surface area (TPSA) is 47.2 Å². The summed E-state index contributed by atoms with van der Waals surface area (Å²) in [6, 6.07) is 3.39. The average Bonchev–Trinajstić information content (AvgIpc) is 2.56. The van der Waals surface area contributed by atoms with Crippen LogP contribution in [0.3, 0.4) is 0 Å². The van der Waals surface area contributed by atoms with Crippen LogP contribution in [0.15, 0.2) is 36.7 Å². The van der Waals surface area contributed by atoms with Gasteiger partial charge in [0, 0.05) is 24.0 Å². The van der Waals surface area contributed by atoms with Crippen molar-refractivity contribution in [3.63, 3.8) is 0 Å². The van der Waals surface area contributed by atoms with Crippen LogP contribution >= 0.6 is 0 Å². The molecule has 1 aromatic rings. The Balaban J connectivity index is 2.35. The van der Waals surface area contributed by atoms with Crippen LogP contribution in [0, 0.1) is 0 Å². The Labute approximate surface area is 70.1 Å². The second kappa shape index (κ2) is 2.70. The highest BCUT2D eigenvalue weighted by molar-refractivity contribution is 5.68. The third-order valence-electron chi connectivity index (χ3n) is 1.60. The van der Waals surface area contributed by atoms with Crippen molar-refractivity contribution in [2.24, 2.45) is 0 Å². The van der Waals surface area contributed by atoms with E-state index >= 15 is 0 Å². The van der Waals surface area contributed by atoms with Crippen LogP contribution < -0.4 is 5.32 Å². The van der Waals surface area contributed by atoms with Gasteiger partial charge in [-0.2, -0.15) is 0 Å². The summed E-state index contributed by atoms with van der Waals surface area (Å²) < 4.78 is 0. The summed E-state index contributed by atoms with van der Waals surface area (Å²) in [5.41, 5.74) is 1.74. The van der Waals surface area contributed by atoms with Crippen LogP contribution in [0.4, 0.5) is 0 Å². The van der Waals surface area contributed by atoms with Gasteiger partial charge in [0.2, 0.25) is 5.88 Å².